The lowest BCUT2D eigenvalue weighted by atomic mass is 9.83. The predicted octanol–water partition coefficient (Wildman–Crippen LogP) is -6.34. The minimum atomic E-state index is -2.05. The van der Waals surface area contributed by atoms with Gasteiger partial charge in [0.25, 0.3) is 0 Å². The van der Waals surface area contributed by atoms with E-state index in [1.807, 2.05) is 0 Å². The molecule has 0 aromatic carbocycles. The second kappa shape index (κ2) is 58.8. The van der Waals surface area contributed by atoms with Crippen LogP contribution in [0.5, 0.6) is 0 Å². The number of nitrogens with one attached hydrogen (secondary N) is 15. The van der Waals surface area contributed by atoms with Gasteiger partial charge in [0, 0.05) is 44.4 Å². The normalized spacial score (nSPS) is 17.1. The van der Waals surface area contributed by atoms with Gasteiger partial charge < -0.3 is 147 Å². The number of guanidine groups is 3. The number of rotatable bonds is 60. The Labute approximate surface area is 781 Å². The first-order chi connectivity index (χ1) is 63.2. The molecule has 0 spiro atoms. The standard InChI is InChI=1S/C86H151N29O19/c1-45(2)35-58(107-79(131)64(43-116)113-69(121)47(5)87)74(126)103-54(28-19-33-99-84(93)94)72(124)111-62(40-52-42-97-44-101-52)77(129)110-60(38-50-23-14-10-15-24-50)75(127)109-61(39-51-25-16-11-17-26-51)76(128)112-63(41-66(89)119)78(130)108-59(36-46(3)4)80(132)115-86(7,8)82(134)114-67(48(6)117)81(133)105-55(29-20-34-100-85(95)96)70(122)104-56(30-31-65(88)118)73(125)102-53(27-18-32-98-83(91)92)71(123)106-57(68(90)120)37-49-21-12-9-13-22-49/h42,44-51,53-64,67,116-117H,9-41,43,87H2,1-8H3,(H2,88,118)(H2,89,119)(H2,90,120)(H,97,101)(H,102,125)(H,103,126)(H,104,122)(H,105,133)(H,106,123)(H,107,131)(H,108,130)(H,109,127)(H,110,129)(H,111,124)(H,112,128)(H,113,121)(H,114,134)(H,115,132)(H4,91,92,98)(H4,93,94,99)(H4,95,96,100)/t47-,48+,53-,54-,55-,56-,57?,58-,59-,60?,61?,62+,63-,64-,67-/m0/s1. The Morgan fingerprint density at radius 1 is 0.403 bits per heavy atom. The minimum Gasteiger partial charge on any atom is -0.394 e. The molecule has 134 heavy (non-hydrogen) atoms. The predicted molar refractivity (Wildman–Crippen MR) is 496 cm³/mol. The van der Waals surface area contributed by atoms with E-state index in [-0.39, 0.29) is 138 Å². The molecule has 3 aliphatic rings. The number of carbonyl (C=O) groups is 17. The summed E-state index contributed by atoms with van der Waals surface area (Å²) in [6, 6.07) is -20.9. The number of aromatic amines is 1. The van der Waals surface area contributed by atoms with Crippen molar-refractivity contribution in [3.05, 3.63) is 18.2 Å². The van der Waals surface area contributed by atoms with E-state index >= 15 is 14.4 Å². The number of H-pyrrole nitrogens is 1. The van der Waals surface area contributed by atoms with Crippen molar-refractivity contribution < 1.29 is 91.7 Å². The van der Waals surface area contributed by atoms with Crippen LogP contribution in [0, 0.1) is 29.6 Å². The zero-order chi connectivity index (χ0) is 100. The number of aliphatic hydroxyl groups is 2. The molecule has 0 bridgehead atoms. The fourth-order valence-electron chi connectivity index (χ4n) is 16.2. The quantitative estimate of drug-likeness (QED) is 0.0164. The molecule has 1 aromatic rings. The lowest BCUT2D eigenvalue weighted by molar-refractivity contribution is -0.139. The molecule has 3 fully saturated rings. The van der Waals surface area contributed by atoms with Gasteiger partial charge in [-0.2, -0.15) is 0 Å². The van der Waals surface area contributed by atoms with Crippen LogP contribution in [0.3, 0.4) is 0 Å². The molecule has 1 aromatic heterocycles. The first kappa shape index (κ1) is 114. The van der Waals surface area contributed by atoms with Crippen LogP contribution in [0.2, 0.25) is 0 Å². The van der Waals surface area contributed by atoms with Crippen LogP contribution in [0.4, 0.5) is 0 Å². The molecule has 3 aliphatic carbocycles. The van der Waals surface area contributed by atoms with Crippen molar-refractivity contribution >= 4 is 118 Å². The number of aromatic nitrogens is 2. The van der Waals surface area contributed by atoms with Crippen LogP contribution in [0.25, 0.3) is 0 Å². The van der Waals surface area contributed by atoms with Crippen molar-refractivity contribution in [2.75, 3.05) is 26.2 Å². The number of hydrogen-bond donors (Lipinski definition) is 27. The molecule has 15 atom stereocenters. The lowest BCUT2D eigenvalue weighted by Gasteiger charge is -2.32. The topological polar surface area (TPSA) is 825 Å². The fraction of sp³-hybridized carbons (Fsp3) is 0.733. The summed E-state index contributed by atoms with van der Waals surface area (Å²) in [6.45, 7) is 10.9. The van der Waals surface area contributed by atoms with Gasteiger partial charge in [0.05, 0.1) is 31.5 Å². The minimum absolute atomic E-state index is 0.00165. The van der Waals surface area contributed by atoms with E-state index in [0.717, 1.165) is 77.6 Å². The number of primary amides is 3. The highest BCUT2D eigenvalue weighted by Crippen LogP contribution is 2.31. The number of hydrogen-bond acceptors (Lipinski definition) is 24. The van der Waals surface area contributed by atoms with E-state index < -0.39 is 228 Å². The summed E-state index contributed by atoms with van der Waals surface area (Å²) in [4.78, 5) is 260. The van der Waals surface area contributed by atoms with Gasteiger partial charge >= 0.3 is 0 Å². The highest BCUT2D eigenvalue weighted by atomic mass is 16.3. The molecule has 3 unspecified atom stereocenters. The third-order valence-corrected chi connectivity index (χ3v) is 23.5. The number of aliphatic hydroxyl groups excluding tert-OH is 2. The number of imidazole rings is 1. The SMILES string of the molecule is CC(C)C[C@H](NC(=O)[C@H](CO)NC(=O)[C@H](C)N)C(=O)N[C@@H](CCCN=C(N)N)C(=O)N[C@H](Cc1cnc[nH]1)C(=O)NC(CC1CCCCC1)C(=O)NC(CC1CCCCC1)C(=O)N[C@@H](CC(N)=O)C(=O)N[C@@H](CC(C)C)C(=O)NC(C)(C)C(=O)N[C@H](C(=O)N[C@@H](CCCN=C(N)N)C(=O)N[C@@H](CCC(N)=O)C(=O)N[C@@H](CCCN=C(N)N)C(=O)NC(CC1CCCCC1)C(N)=O)[C@@H](C)O. The third kappa shape index (κ3) is 43.3. The van der Waals surface area contributed by atoms with Crippen LogP contribution in [0.15, 0.2) is 27.5 Å². The van der Waals surface area contributed by atoms with Crippen molar-refractivity contribution in [2.45, 2.75) is 344 Å². The Hall–Kier alpha value is -12.1. The summed E-state index contributed by atoms with van der Waals surface area (Å²) in [7, 11) is 0. The van der Waals surface area contributed by atoms with Gasteiger partial charge in [0.2, 0.25) is 100 Å². The van der Waals surface area contributed by atoms with Crippen LogP contribution in [-0.2, 0) is 87.9 Å². The Balaban J connectivity index is 1.65. The number of nitrogens with two attached hydrogens (primary N) is 10. The number of nitrogens with zero attached hydrogens (tertiary/aromatic N) is 4. The van der Waals surface area contributed by atoms with E-state index in [4.69, 9.17) is 57.3 Å². The first-order valence-corrected chi connectivity index (χ1v) is 46.5. The molecule has 0 aliphatic heterocycles. The molecule has 4 rings (SSSR count). The second-order valence-electron chi connectivity index (χ2n) is 36.7. The smallest absolute Gasteiger partial charge is 0.245 e. The molecule has 17 amide bonds. The lowest BCUT2D eigenvalue weighted by Crippen LogP contribution is -2.65. The Morgan fingerprint density at radius 3 is 1.10 bits per heavy atom. The Morgan fingerprint density at radius 2 is 0.731 bits per heavy atom. The summed E-state index contributed by atoms with van der Waals surface area (Å²) in [5, 5.41) is 57.7. The number of carbonyl (C=O) groups excluding carboxylic acids is 17. The van der Waals surface area contributed by atoms with Gasteiger partial charge in [-0.05, 0) is 134 Å². The average Bonchev–Trinajstić information content (AvgIpc) is 0.869. The molecule has 48 heteroatoms. The molecule has 48 nitrogen and oxygen atoms in total. The van der Waals surface area contributed by atoms with Crippen molar-refractivity contribution in [3.63, 3.8) is 0 Å². The highest BCUT2D eigenvalue weighted by molar-refractivity contribution is 6.02. The van der Waals surface area contributed by atoms with Gasteiger partial charge in [0.1, 0.15) is 84.1 Å². The van der Waals surface area contributed by atoms with Gasteiger partial charge in [-0.25, -0.2) is 4.98 Å². The van der Waals surface area contributed by atoms with Crippen molar-refractivity contribution in [2.24, 2.45) is 102 Å². The Kier molecular flexibility index (Phi) is 50.1. The summed E-state index contributed by atoms with van der Waals surface area (Å²) in [6.07, 6.45) is 10.6. The van der Waals surface area contributed by atoms with Crippen molar-refractivity contribution in [3.8, 4) is 0 Å². The van der Waals surface area contributed by atoms with E-state index in [1.54, 1.807) is 27.7 Å². The molecule has 3 saturated carbocycles. The van der Waals surface area contributed by atoms with E-state index in [9.17, 15) is 77.3 Å². The number of aliphatic imine (C=N–C) groups is 3. The third-order valence-electron chi connectivity index (χ3n) is 23.5. The zero-order valence-corrected chi connectivity index (χ0v) is 78.6. The molecule has 754 valence electrons. The molecule has 37 N–H and O–H groups in total. The van der Waals surface area contributed by atoms with Gasteiger partial charge in [-0.15, -0.1) is 0 Å². The van der Waals surface area contributed by atoms with Gasteiger partial charge in [0.15, 0.2) is 17.9 Å². The maximum atomic E-state index is 15.3. The monoisotopic (exact) mass is 1890 g/mol. The van der Waals surface area contributed by atoms with Gasteiger partial charge in [-0.1, -0.05) is 124 Å². The van der Waals surface area contributed by atoms with E-state index in [0.29, 0.717) is 31.4 Å². The second-order valence-corrected chi connectivity index (χ2v) is 36.7. The summed E-state index contributed by atoms with van der Waals surface area (Å²) in [5.41, 5.74) is 54.5. The fourth-order valence-corrected chi connectivity index (χ4v) is 16.2. The number of amides is 17. The van der Waals surface area contributed by atoms with E-state index in [2.05, 4.69) is 99.4 Å². The average molecular weight is 1900 g/mol. The van der Waals surface area contributed by atoms with Crippen molar-refractivity contribution in [1.29, 1.82) is 0 Å². The maximum Gasteiger partial charge on any atom is 0.245 e. The van der Waals surface area contributed by atoms with Gasteiger partial charge in [-0.3, -0.25) is 96.5 Å². The molecule has 0 radical (unpaired) electrons. The summed E-state index contributed by atoms with van der Waals surface area (Å²) >= 11 is 0. The van der Waals surface area contributed by atoms with Crippen LogP contribution >= 0.6 is 0 Å². The highest BCUT2D eigenvalue weighted by Gasteiger charge is 2.43. The van der Waals surface area contributed by atoms with E-state index in [1.165, 1.54) is 33.3 Å². The summed E-state index contributed by atoms with van der Waals surface area (Å²) < 4.78 is 0. The largest absolute Gasteiger partial charge is 0.394 e. The molecular weight excluding hydrogens is 1740 g/mol. The van der Waals surface area contributed by atoms with Crippen LogP contribution in [-0.4, -0.2) is 261 Å². The first-order valence-electron chi connectivity index (χ1n) is 46.5. The molecule has 0 saturated heterocycles. The zero-order valence-electron chi connectivity index (χ0n) is 78.6. The van der Waals surface area contributed by atoms with Crippen molar-refractivity contribution in [1.82, 2.24) is 84.4 Å². The maximum absolute atomic E-state index is 15.3. The van der Waals surface area contributed by atoms with Crippen LogP contribution < -0.4 is 132 Å². The Bertz CT molecular complexity index is 4120. The molecule has 1 heterocycles. The summed E-state index contributed by atoms with van der Waals surface area (Å²) in [5.74, 6) is -18.0. The van der Waals surface area contributed by atoms with Crippen LogP contribution in [0.1, 0.15) is 247 Å². The molecular formula is C86H151N29O19.